The van der Waals surface area contributed by atoms with E-state index in [1.807, 2.05) is 30.5 Å². The fourth-order valence-electron chi connectivity index (χ4n) is 2.82. The van der Waals surface area contributed by atoms with Gasteiger partial charge in [-0.05, 0) is 42.3 Å². The minimum atomic E-state index is -0.418. The van der Waals surface area contributed by atoms with Crippen molar-refractivity contribution in [1.82, 2.24) is 4.98 Å². The third kappa shape index (κ3) is 2.86. The van der Waals surface area contributed by atoms with Crippen LogP contribution in [0.5, 0.6) is 0 Å². The van der Waals surface area contributed by atoms with E-state index in [1.54, 1.807) is 0 Å². The van der Waals surface area contributed by atoms with Crippen LogP contribution in [-0.4, -0.2) is 4.98 Å². The van der Waals surface area contributed by atoms with Crippen LogP contribution < -0.4 is 0 Å². The second-order valence-electron chi connectivity index (χ2n) is 5.58. The molecular formula is C18H21N. The molecule has 0 N–H and O–H groups in total. The van der Waals surface area contributed by atoms with Gasteiger partial charge in [0.1, 0.15) is 0 Å². The van der Waals surface area contributed by atoms with E-state index in [1.165, 1.54) is 0 Å². The third-order valence-electron chi connectivity index (χ3n) is 4.12. The van der Waals surface area contributed by atoms with Crippen LogP contribution >= 0.6 is 0 Å². The molecule has 1 aromatic heterocycles. The fraction of sp³-hybridized carbons (Fsp3) is 0.389. The van der Waals surface area contributed by atoms with Crippen molar-refractivity contribution in [2.24, 2.45) is 5.92 Å². The topological polar surface area (TPSA) is 12.9 Å². The normalized spacial score (nSPS) is 27.8. The molecule has 1 saturated carbocycles. The summed E-state index contributed by atoms with van der Waals surface area (Å²) in [7, 11) is 0. The van der Waals surface area contributed by atoms with Crippen LogP contribution in [0.3, 0.4) is 0 Å². The SMILES string of the molecule is [2H]C1(c2ccnc(-c3ccccc3)c2)CCC(C)CC1. The second kappa shape index (κ2) is 5.56. The Labute approximate surface area is 117 Å². The first kappa shape index (κ1) is 11.2. The molecule has 1 aliphatic rings. The van der Waals surface area contributed by atoms with Crippen LogP contribution in [-0.2, 0) is 0 Å². The average molecular weight is 252 g/mol. The average Bonchev–Trinajstić information content (AvgIpc) is 2.51. The summed E-state index contributed by atoms with van der Waals surface area (Å²) in [6, 6.07) is 14.4. The molecule has 1 fully saturated rings. The van der Waals surface area contributed by atoms with Crippen LogP contribution in [0.25, 0.3) is 11.3 Å². The molecule has 0 aliphatic heterocycles. The highest BCUT2D eigenvalue weighted by molar-refractivity contribution is 5.59. The Kier molecular flexibility index (Phi) is 3.28. The summed E-state index contributed by atoms with van der Waals surface area (Å²) in [5.41, 5.74) is 3.23. The van der Waals surface area contributed by atoms with E-state index in [0.717, 1.165) is 48.4 Å². The molecule has 0 saturated heterocycles. The molecule has 3 rings (SSSR count). The molecule has 0 atom stereocenters. The lowest BCUT2D eigenvalue weighted by molar-refractivity contribution is 0.348. The number of nitrogens with zero attached hydrogens (tertiary/aromatic N) is 1. The maximum atomic E-state index is 8.78. The fourth-order valence-corrected chi connectivity index (χ4v) is 2.82. The number of pyridine rings is 1. The van der Waals surface area contributed by atoms with Gasteiger partial charge in [-0.15, -0.1) is 0 Å². The predicted molar refractivity (Wildman–Crippen MR) is 80.0 cm³/mol. The smallest absolute Gasteiger partial charge is 0.0704 e. The zero-order chi connectivity index (χ0) is 14.0. The second-order valence-corrected chi connectivity index (χ2v) is 5.58. The van der Waals surface area contributed by atoms with E-state index in [2.05, 4.69) is 30.1 Å². The molecule has 0 spiro atoms. The number of hydrogen-bond donors (Lipinski definition) is 0. The lowest BCUT2D eigenvalue weighted by Crippen LogP contribution is -2.10. The monoisotopic (exact) mass is 252 g/mol. The molecule has 1 aliphatic carbocycles. The van der Waals surface area contributed by atoms with Crippen LogP contribution in [0.1, 0.15) is 45.4 Å². The van der Waals surface area contributed by atoms with E-state index in [0.29, 0.717) is 0 Å². The van der Waals surface area contributed by atoms with Gasteiger partial charge in [-0.1, -0.05) is 50.1 Å². The highest BCUT2D eigenvalue weighted by Gasteiger charge is 2.20. The van der Waals surface area contributed by atoms with E-state index >= 15 is 0 Å². The Balaban J connectivity index is 1.92. The molecule has 0 amide bonds. The van der Waals surface area contributed by atoms with Gasteiger partial charge < -0.3 is 0 Å². The van der Waals surface area contributed by atoms with E-state index in [9.17, 15) is 0 Å². The van der Waals surface area contributed by atoms with Gasteiger partial charge in [0.2, 0.25) is 0 Å². The van der Waals surface area contributed by atoms with Crippen molar-refractivity contribution in [3.63, 3.8) is 0 Å². The summed E-state index contributed by atoms with van der Waals surface area (Å²) >= 11 is 0. The standard InChI is InChI=1S/C18H21N/c1-14-7-9-15(10-8-14)17-11-12-19-18(13-17)16-5-3-2-4-6-16/h2-6,11-15H,7-10H2,1H3/i15D. The molecule has 19 heavy (non-hydrogen) atoms. The molecule has 0 bridgehead atoms. The Morgan fingerprint density at radius 2 is 1.79 bits per heavy atom. The Hall–Kier alpha value is -1.63. The van der Waals surface area contributed by atoms with Gasteiger partial charge in [0.15, 0.2) is 0 Å². The summed E-state index contributed by atoms with van der Waals surface area (Å²) in [5.74, 6) is 0.350. The third-order valence-corrected chi connectivity index (χ3v) is 4.12. The Morgan fingerprint density at radius 1 is 1.05 bits per heavy atom. The zero-order valence-electron chi connectivity index (χ0n) is 12.5. The first-order valence-corrected chi connectivity index (χ1v) is 7.19. The number of rotatable bonds is 2. The maximum absolute atomic E-state index is 8.78. The summed E-state index contributed by atoms with van der Waals surface area (Å²) in [6.45, 7) is 2.29. The van der Waals surface area contributed by atoms with Crippen molar-refractivity contribution in [3.8, 4) is 11.3 Å². The lowest BCUT2D eigenvalue weighted by atomic mass is 9.79. The van der Waals surface area contributed by atoms with Gasteiger partial charge in [0.25, 0.3) is 0 Å². The minimum Gasteiger partial charge on any atom is -0.256 e. The first-order chi connectivity index (χ1) is 9.67. The molecule has 1 nitrogen and oxygen atoms in total. The van der Waals surface area contributed by atoms with Crippen molar-refractivity contribution in [2.75, 3.05) is 0 Å². The summed E-state index contributed by atoms with van der Waals surface area (Å²) < 4.78 is 8.78. The zero-order valence-corrected chi connectivity index (χ0v) is 11.5. The number of hydrogen-bond acceptors (Lipinski definition) is 1. The van der Waals surface area contributed by atoms with Crippen LogP contribution in [0, 0.1) is 5.92 Å². The van der Waals surface area contributed by atoms with Crippen LogP contribution in [0.4, 0.5) is 0 Å². The summed E-state index contributed by atoms with van der Waals surface area (Å²) in [6.07, 6.45) is 6.10. The van der Waals surface area contributed by atoms with Crippen molar-refractivity contribution < 1.29 is 1.37 Å². The van der Waals surface area contributed by atoms with E-state index in [4.69, 9.17) is 1.37 Å². The van der Waals surface area contributed by atoms with Crippen LogP contribution in [0.15, 0.2) is 48.7 Å². The summed E-state index contributed by atoms with van der Waals surface area (Å²) in [4.78, 5) is 4.47. The highest BCUT2D eigenvalue weighted by atomic mass is 14.7. The van der Waals surface area contributed by atoms with Gasteiger partial charge in [-0.25, -0.2) is 0 Å². The number of aromatic nitrogens is 1. The largest absolute Gasteiger partial charge is 0.256 e. The van der Waals surface area contributed by atoms with Gasteiger partial charge >= 0.3 is 0 Å². The highest BCUT2D eigenvalue weighted by Crippen LogP contribution is 2.36. The van der Waals surface area contributed by atoms with Gasteiger partial charge in [0.05, 0.1) is 5.69 Å². The quantitative estimate of drug-likeness (QED) is 0.729. The molecule has 98 valence electrons. The Bertz CT molecular complexity index is 571. The van der Waals surface area contributed by atoms with E-state index < -0.39 is 5.89 Å². The minimum absolute atomic E-state index is 0.418. The Morgan fingerprint density at radius 3 is 2.53 bits per heavy atom. The van der Waals surface area contributed by atoms with Gasteiger partial charge in [0, 0.05) is 13.1 Å². The van der Waals surface area contributed by atoms with Crippen molar-refractivity contribution in [2.45, 2.75) is 38.5 Å². The van der Waals surface area contributed by atoms with Gasteiger partial charge in [-0.2, -0.15) is 0 Å². The van der Waals surface area contributed by atoms with Gasteiger partial charge in [-0.3, -0.25) is 4.98 Å². The van der Waals surface area contributed by atoms with E-state index in [-0.39, 0.29) is 0 Å². The van der Waals surface area contributed by atoms with Crippen LogP contribution in [0.2, 0.25) is 0 Å². The molecular weight excluding hydrogens is 230 g/mol. The summed E-state index contributed by atoms with van der Waals surface area (Å²) in [5, 5.41) is 0. The molecule has 2 aromatic rings. The van der Waals surface area contributed by atoms with Crippen molar-refractivity contribution in [1.29, 1.82) is 0 Å². The molecule has 0 radical (unpaired) electrons. The molecule has 1 heterocycles. The molecule has 1 aromatic carbocycles. The first-order valence-electron chi connectivity index (χ1n) is 7.69. The predicted octanol–water partition coefficient (Wildman–Crippen LogP) is 5.04. The maximum Gasteiger partial charge on any atom is 0.0704 e. The molecule has 0 unspecified atom stereocenters. The molecule has 1 heteroatoms. The lowest BCUT2D eigenvalue weighted by Gasteiger charge is -2.26. The van der Waals surface area contributed by atoms with Crippen molar-refractivity contribution >= 4 is 0 Å². The van der Waals surface area contributed by atoms with Crippen molar-refractivity contribution in [3.05, 3.63) is 54.2 Å². The number of benzene rings is 1.